The lowest BCUT2D eigenvalue weighted by Gasteiger charge is -2.16. The van der Waals surface area contributed by atoms with E-state index in [0.29, 0.717) is 0 Å². The second kappa shape index (κ2) is 6.24. The Balaban J connectivity index is 2.02. The molecule has 0 amide bonds. The summed E-state index contributed by atoms with van der Waals surface area (Å²) in [6.07, 6.45) is 5.45. The molecule has 2 nitrogen and oxygen atoms in total. The van der Waals surface area contributed by atoms with Gasteiger partial charge in [-0.3, -0.25) is 0 Å². The first-order valence-corrected chi connectivity index (χ1v) is 7.08. The van der Waals surface area contributed by atoms with E-state index in [1.54, 1.807) is 0 Å². The fourth-order valence-corrected chi connectivity index (χ4v) is 2.95. The monoisotopic (exact) mass is 247 g/mol. The molecule has 1 aromatic rings. The first-order valence-electron chi connectivity index (χ1n) is 7.08. The van der Waals surface area contributed by atoms with E-state index < -0.39 is 0 Å². The van der Waals surface area contributed by atoms with Gasteiger partial charge in [0.2, 0.25) is 0 Å². The van der Waals surface area contributed by atoms with Crippen LogP contribution in [0.15, 0.2) is 12.1 Å². The molecule has 2 heteroatoms. The summed E-state index contributed by atoms with van der Waals surface area (Å²) in [4.78, 5) is 0. The second-order valence-corrected chi connectivity index (χ2v) is 5.55. The van der Waals surface area contributed by atoms with Gasteiger partial charge in [-0.2, -0.15) is 0 Å². The van der Waals surface area contributed by atoms with Gasteiger partial charge in [0.05, 0.1) is 6.61 Å². The molecule has 100 valence electrons. The maximum absolute atomic E-state index is 6.06. The molecule has 0 saturated heterocycles. The van der Waals surface area contributed by atoms with E-state index in [1.165, 1.54) is 42.4 Å². The fraction of sp³-hybridized carbons (Fsp3) is 0.625. The minimum atomic E-state index is 0.779. The van der Waals surface area contributed by atoms with Gasteiger partial charge in [-0.15, -0.1) is 0 Å². The van der Waals surface area contributed by atoms with Gasteiger partial charge >= 0.3 is 0 Å². The van der Waals surface area contributed by atoms with Crippen molar-refractivity contribution in [3.63, 3.8) is 0 Å². The summed E-state index contributed by atoms with van der Waals surface area (Å²) in [6.45, 7) is 6.12. The molecule has 0 spiro atoms. The SMILES string of the molecule is CNCc1cc(C)c(OCC2CCCC2)c(C)c1. The van der Waals surface area contributed by atoms with Gasteiger partial charge in [-0.1, -0.05) is 25.0 Å². The molecule has 2 rings (SSSR count). The van der Waals surface area contributed by atoms with Crippen LogP contribution < -0.4 is 10.1 Å². The van der Waals surface area contributed by atoms with Crippen molar-refractivity contribution in [2.24, 2.45) is 5.92 Å². The molecule has 1 aliphatic rings. The number of ether oxygens (including phenoxy) is 1. The molecule has 1 aromatic carbocycles. The number of benzene rings is 1. The smallest absolute Gasteiger partial charge is 0.125 e. The van der Waals surface area contributed by atoms with Crippen molar-refractivity contribution in [2.45, 2.75) is 46.1 Å². The molecule has 0 heterocycles. The topological polar surface area (TPSA) is 21.3 Å². The van der Waals surface area contributed by atoms with E-state index in [4.69, 9.17) is 4.74 Å². The van der Waals surface area contributed by atoms with Gasteiger partial charge in [0, 0.05) is 6.54 Å². The van der Waals surface area contributed by atoms with E-state index in [2.05, 4.69) is 31.3 Å². The lowest BCUT2D eigenvalue weighted by Crippen LogP contribution is -2.11. The third-order valence-corrected chi connectivity index (χ3v) is 3.84. The van der Waals surface area contributed by atoms with Crippen LogP contribution >= 0.6 is 0 Å². The molecular weight excluding hydrogens is 222 g/mol. The van der Waals surface area contributed by atoms with E-state index in [-0.39, 0.29) is 0 Å². The second-order valence-electron chi connectivity index (χ2n) is 5.55. The van der Waals surface area contributed by atoms with Gasteiger partial charge in [0.1, 0.15) is 5.75 Å². The molecule has 1 fully saturated rings. The van der Waals surface area contributed by atoms with Crippen molar-refractivity contribution in [2.75, 3.05) is 13.7 Å². The van der Waals surface area contributed by atoms with Crippen molar-refractivity contribution in [3.8, 4) is 5.75 Å². The van der Waals surface area contributed by atoms with Crippen LogP contribution in [0.25, 0.3) is 0 Å². The average molecular weight is 247 g/mol. The Morgan fingerprint density at radius 3 is 2.33 bits per heavy atom. The fourth-order valence-electron chi connectivity index (χ4n) is 2.95. The summed E-state index contributed by atoms with van der Waals surface area (Å²) in [6, 6.07) is 4.46. The van der Waals surface area contributed by atoms with E-state index >= 15 is 0 Å². The summed E-state index contributed by atoms with van der Waals surface area (Å²) in [5.41, 5.74) is 3.86. The van der Waals surface area contributed by atoms with Crippen LogP contribution in [-0.2, 0) is 6.54 Å². The Bertz CT molecular complexity index is 371. The highest BCUT2D eigenvalue weighted by atomic mass is 16.5. The minimum Gasteiger partial charge on any atom is -0.493 e. The van der Waals surface area contributed by atoms with Gasteiger partial charge in [0.25, 0.3) is 0 Å². The van der Waals surface area contributed by atoms with Crippen molar-refractivity contribution in [1.29, 1.82) is 0 Å². The van der Waals surface area contributed by atoms with Crippen LogP contribution in [0.2, 0.25) is 0 Å². The third-order valence-electron chi connectivity index (χ3n) is 3.84. The van der Waals surface area contributed by atoms with Gasteiger partial charge in [-0.05, 0) is 56.3 Å². The van der Waals surface area contributed by atoms with Gasteiger partial charge < -0.3 is 10.1 Å². The Labute approximate surface area is 111 Å². The van der Waals surface area contributed by atoms with Crippen LogP contribution in [0.3, 0.4) is 0 Å². The summed E-state index contributed by atoms with van der Waals surface area (Å²) in [7, 11) is 1.98. The summed E-state index contributed by atoms with van der Waals surface area (Å²) in [5, 5.41) is 3.19. The molecule has 0 radical (unpaired) electrons. The van der Waals surface area contributed by atoms with Crippen LogP contribution in [0.1, 0.15) is 42.4 Å². The van der Waals surface area contributed by atoms with E-state index in [1.807, 2.05) is 7.05 Å². The normalized spacial score (nSPS) is 16.2. The summed E-state index contributed by atoms with van der Waals surface area (Å²) < 4.78 is 6.06. The third kappa shape index (κ3) is 3.26. The largest absolute Gasteiger partial charge is 0.493 e. The van der Waals surface area contributed by atoms with Gasteiger partial charge in [0.15, 0.2) is 0 Å². The molecule has 18 heavy (non-hydrogen) atoms. The number of nitrogens with one attached hydrogen (secondary N) is 1. The average Bonchev–Trinajstić information content (AvgIpc) is 2.81. The first kappa shape index (κ1) is 13.4. The number of rotatable bonds is 5. The number of hydrogen-bond donors (Lipinski definition) is 1. The zero-order valence-corrected chi connectivity index (χ0v) is 11.9. The molecule has 0 aliphatic heterocycles. The predicted octanol–water partition coefficient (Wildman–Crippen LogP) is 3.59. The Kier molecular flexibility index (Phi) is 4.65. The zero-order chi connectivity index (χ0) is 13.0. The summed E-state index contributed by atoms with van der Waals surface area (Å²) in [5.74, 6) is 1.88. The molecular formula is C16H25NO. The van der Waals surface area contributed by atoms with E-state index in [0.717, 1.165) is 24.8 Å². The molecule has 1 aliphatic carbocycles. The number of aryl methyl sites for hydroxylation is 2. The molecule has 1 saturated carbocycles. The van der Waals surface area contributed by atoms with Crippen LogP contribution in [0, 0.1) is 19.8 Å². The van der Waals surface area contributed by atoms with Crippen LogP contribution in [-0.4, -0.2) is 13.7 Å². The molecule has 0 bridgehead atoms. The van der Waals surface area contributed by atoms with Crippen molar-refractivity contribution >= 4 is 0 Å². The first-order chi connectivity index (χ1) is 8.70. The Morgan fingerprint density at radius 1 is 1.17 bits per heavy atom. The van der Waals surface area contributed by atoms with Crippen molar-refractivity contribution in [3.05, 3.63) is 28.8 Å². The quantitative estimate of drug-likeness (QED) is 0.858. The maximum Gasteiger partial charge on any atom is 0.125 e. The Morgan fingerprint density at radius 2 is 1.78 bits per heavy atom. The highest BCUT2D eigenvalue weighted by Crippen LogP contribution is 2.29. The molecule has 1 N–H and O–H groups in total. The zero-order valence-electron chi connectivity index (χ0n) is 11.9. The molecule has 0 aromatic heterocycles. The highest BCUT2D eigenvalue weighted by Gasteiger charge is 2.16. The molecule has 0 unspecified atom stereocenters. The maximum atomic E-state index is 6.06. The lowest BCUT2D eigenvalue weighted by molar-refractivity contribution is 0.249. The molecule has 0 atom stereocenters. The lowest BCUT2D eigenvalue weighted by atomic mass is 10.1. The standard InChI is InChI=1S/C16H25NO/c1-12-8-15(10-17-3)9-13(2)16(12)18-11-14-6-4-5-7-14/h8-9,14,17H,4-7,10-11H2,1-3H3. The van der Waals surface area contributed by atoms with Crippen molar-refractivity contribution < 1.29 is 4.74 Å². The summed E-state index contributed by atoms with van der Waals surface area (Å²) >= 11 is 0. The minimum absolute atomic E-state index is 0.779. The number of hydrogen-bond acceptors (Lipinski definition) is 2. The predicted molar refractivity (Wildman–Crippen MR) is 76.1 cm³/mol. The Hall–Kier alpha value is -1.02. The highest BCUT2D eigenvalue weighted by molar-refractivity contribution is 5.43. The van der Waals surface area contributed by atoms with Crippen molar-refractivity contribution in [1.82, 2.24) is 5.32 Å². The van der Waals surface area contributed by atoms with E-state index in [9.17, 15) is 0 Å². The van der Waals surface area contributed by atoms with Gasteiger partial charge in [-0.25, -0.2) is 0 Å². The van der Waals surface area contributed by atoms with Crippen LogP contribution in [0.4, 0.5) is 0 Å². The van der Waals surface area contributed by atoms with Crippen LogP contribution in [0.5, 0.6) is 5.75 Å².